The van der Waals surface area contributed by atoms with Crippen molar-refractivity contribution in [1.29, 1.82) is 0 Å². The molecule has 0 aliphatic heterocycles. The molecular weight excluding hydrogens is 453 g/mol. The van der Waals surface area contributed by atoms with Crippen LogP contribution in [0.15, 0.2) is 40.3 Å². The number of fused-ring (bicyclic) bond motifs is 1. The van der Waals surface area contributed by atoms with Crippen molar-refractivity contribution in [2.75, 3.05) is 12.4 Å². The molecule has 162 valence electrons. The molecule has 5 nitrogen and oxygen atoms in total. The first-order valence-corrected chi connectivity index (χ1v) is 9.90. The number of hydrogen-bond donors (Lipinski definition) is 0. The lowest BCUT2D eigenvalue weighted by atomic mass is 10.2. The lowest BCUT2D eigenvalue weighted by Gasteiger charge is -2.20. The zero-order valence-electron chi connectivity index (χ0n) is 15.6. The second-order valence-electron chi connectivity index (χ2n) is 6.21. The van der Waals surface area contributed by atoms with Crippen LogP contribution in [0.5, 0.6) is 5.88 Å². The van der Waals surface area contributed by atoms with Gasteiger partial charge in [0.2, 0.25) is 0 Å². The fraction of sp³-hybridized carbons (Fsp3) is 0.333. The van der Waals surface area contributed by atoms with E-state index in [4.69, 9.17) is 11.6 Å². The molecule has 0 radical (unpaired) electrons. The molecule has 0 amide bonds. The number of aromatic nitrogens is 3. The summed E-state index contributed by atoms with van der Waals surface area (Å²) in [5.41, 5.74) is 0.368. The molecule has 0 atom stereocenters. The number of rotatable bonds is 6. The zero-order chi connectivity index (χ0) is 22.3. The lowest BCUT2D eigenvalue weighted by molar-refractivity contribution is -0.290. The number of halogens is 6. The summed E-state index contributed by atoms with van der Waals surface area (Å²) in [6.45, 7) is -0.0266. The Balaban J connectivity index is 2.02. The molecule has 0 unspecified atom stereocenters. The SMILES string of the molecule is CCSc1c(-c2ccc(OCC(F)(F)C(F)(F)F)n(C)c2=O)nc2ccc(Cl)cn12. The predicted octanol–water partition coefficient (Wildman–Crippen LogP) is 5.04. The minimum absolute atomic E-state index is 0.142. The van der Waals surface area contributed by atoms with E-state index in [-0.39, 0.29) is 5.56 Å². The van der Waals surface area contributed by atoms with Crippen LogP contribution in [0, 0.1) is 0 Å². The van der Waals surface area contributed by atoms with E-state index in [1.165, 1.54) is 24.9 Å². The number of ether oxygens (including phenoxy) is 1. The van der Waals surface area contributed by atoms with Gasteiger partial charge in [0.1, 0.15) is 16.4 Å². The number of imidazole rings is 1. The topological polar surface area (TPSA) is 48.5 Å². The maximum absolute atomic E-state index is 13.1. The van der Waals surface area contributed by atoms with Crippen molar-refractivity contribution in [3.05, 3.63) is 45.8 Å². The van der Waals surface area contributed by atoms with E-state index in [2.05, 4.69) is 9.72 Å². The van der Waals surface area contributed by atoms with E-state index in [1.807, 2.05) is 6.92 Å². The molecule has 0 saturated carbocycles. The van der Waals surface area contributed by atoms with Crippen molar-refractivity contribution in [1.82, 2.24) is 14.0 Å². The lowest BCUT2D eigenvalue weighted by Crippen LogP contribution is -2.42. The van der Waals surface area contributed by atoms with E-state index in [0.717, 1.165) is 10.6 Å². The van der Waals surface area contributed by atoms with Gasteiger partial charge in [-0.25, -0.2) is 4.98 Å². The fourth-order valence-electron chi connectivity index (χ4n) is 2.64. The highest BCUT2D eigenvalue weighted by Gasteiger charge is 2.58. The van der Waals surface area contributed by atoms with Crippen LogP contribution >= 0.6 is 23.4 Å². The van der Waals surface area contributed by atoms with Crippen molar-refractivity contribution in [2.24, 2.45) is 7.05 Å². The summed E-state index contributed by atoms with van der Waals surface area (Å²) in [5.74, 6) is -4.81. The Labute approximate surface area is 176 Å². The molecule has 3 rings (SSSR count). The summed E-state index contributed by atoms with van der Waals surface area (Å²) in [6, 6.07) is 5.75. The van der Waals surface area contributed by atoms with Crippen LogP contribution < -0.4 is 10.3 Å². The van der Waals surface area contributed by atoms with Crippen LogP contribution in [-0.2, 0) is 7.05 Å². The summed E-state index contributed by atoms with van der Waals surface area (Å²) in [7, 11) is 1.21. The minimum atomic E-state index is -5.75. The molecule has 12 heteroatoms. The summed E-state index contributed by atoms with van der Waals surface area (Å²) >= 11 is 7.46. The van der Waals surface area contributed by atoms with Crippen molar-refractivity contribution in [3.8, 4) is 17.1 Å². The first-order chi connectivity index (χ1) is 14.0. The van der Waals surface area contributed by atoms with Gasteiger partial charge >= 0.3 is 12.1 Å². The first kappa shape index (κ1) is 22.4. The van der Waals surface area contributed by atoms with Gasteiger partial charge < -0.3 is 4.74 Å². The average Bonchev–Trinajstić information content (AvgIpc) is 3.00. The van der Waals surface area contributed by atoms with Crippen LogP contribution in [0.2, 0.25) is 5.02 Å². The standard InChI is InChI=1S/C18H15ClF5N3O2S/c1-3-30-16-14(25-12-6-4-10(19)8-27(12)16)11-5-7-13(26(2)15(11)28)29-9-17(20,21)18(22,23)24/h4-8H,3,9H2,1-2H3. The normalized spacial score (nSPS) is 12.5. The molecule has 0 N–H and O–H groups in total. The second-order valence-corrected chi connectivity index (χ2v) is 7.90. The molecule has 0 aliphatic carbocycles. The summed E-state index contributed by atoms with van der Waals surface area (Å²) in [6.07, 6.45) is -4.11. The Kier molecular flexibility index (Phi) is 6.06. The van der Waals surface area contributed by atoms with Crippen LogP contribution in [0.4, 0.5) is 22.0 Å². The van der Waals surface area contributed by atoms with Crippen molar-refractivity contribution in [3.63, 3.8) is 0 Å². The van der Waals surface area contributed by atoms with Gasteiger partial charge in [-0.15, -0.1) is 11.8 Å². The molecule has 0 saturated heterocycles. The van der Waals surface area contributed by atoms with Gasteiger partial charge in [0.05, 0.1) is 10.6 Å². The zero-order valence-corrected chi connectivity index (χ0v) is 17.2. The highest BCUT2D eigenvalue weighted by molar-refractivity contribution is 7.99. The molecule has 0 aliphatic rings. The maximum atomic E-state index is 13.1. The molecule has 3 aromatic rings. The van der Waals surface area contributed by atoms with Gasteiger partial charge in [-0.1, -0.05) is 18.5 Å². The van der Waals surface area contributed by atoms with Gasteiger partial charge in [0.15, 0.2) is 12.5 Å². The van der Waals surface area contributed by atoms with Gasteiger partial charge in [0, 0.05) is 13.2 Å². The number of thioether (sulfide) groups is 1. The van der Waals surface area contributed by atoms with E-state index in [1.54, 1.807) is 22.7 Å². The number of alkyl halides is 5. The quantitative estimate of drug-likeness (QED) is 0.376. The molecule has 3 heterocycles. The number of nitrogens with zero attached hydrogens (tertiary/aromatic N) is 3. The average molecular weight is 468 g/mol. The van der Waals surface area contributed by atoms with E-state index >= 15 is 0 Å². The van der Waals surface area contributed by atoms with Crippen LogP contribution in [-0.4, -0.2) is 38.4 Å². The fourth-order valence-corrected chi connectivity index (χ4v) is 3.65. The Bertz CT molecular complexity index is 1140. The second kappa shape index (κ2) is 8.10. The van der Waals surface area contributed by atoms with Gasteiger partial charge in [0.25, 0.3) is 5.56 Å². The van der Waals surface area contributed by atoms with Crippen molar-refractivity contribution >= 4 is 29.0 Å². The summed E-state index contributed by atoms with van der Waals surface area (Å²) in [5, 5.41) is 1.11. The Morgan fingerprint density at radius 1 is 1.17 bits per heavy atom. The third-order valence-corrected chi connectivity index (χ3v) is 5.32. The predicted molar refractivity (Wildman–Crippen MR) is 104 cm³/mol. The number of pyridine rings is 2. The molecule has 0 spiro atoms. The Morgan fingerprint density at radius 3 is 2.50 bits per heavy atom. The van der Waals surface area contributed by atoms with Gasteiger partial charge in [-0.2, -0.15) is 22.0 Å². The Hall–Kier alpha value is -2.27. The molecule has 3 aromatic heterocycles. The van der Waals surface area contributed by atoms with Crippen LogP contribution in [0.25, 0.3) is 16.9 Å². The first-order valence-electron chi connectivity index (χ1n) is 8.54. The van der Waals surface area contributed by atoms with Gasteiger partial charge in [-0.3, -0.25) is 13.8 Å². The van der Waals surface area contributed by atoms with Crippen LogP contribution in [0.1, 0.15) is 6.92 Å². The highest BCUT2D eigenvalue weighted by atomic mass is 35.5. The van der Waals surface area contributed by atoms with E-state index in [0.29, 0.717) is 27.1 Å². The van der Waals surface area contributed by atoms with Crippen molar-refractivity contribution in [2.45, 2.75) is 24.0 Å². The van der Waals surface area contributed by atoms with Gasteiger partial charge in [-0.05, 0) is 30.0 Å². The maximum Gasteiger partial charge on any atom is 0.456 e. The monoisotopic (exact) mass is 467 g/mol. The number of hydrogen-bond acceptors (Lipinski definition) is 4. The van der Waals surface area contributed by atoms with Crippen molar-refractivity contribution < 1.29 is 26.7 Å². The van der Waals surface area contributed by atoms with E-state index in [9.17, 15) is 26.7 Å². The molecule has 0 bridgehead atoms. The van der Waals surface area contributed by atoms with E-state index < -0.39 is 30.1 Å². The molecular formula is C18H15ClF5N3O2S. The smallest absolute Gasteiger partial charge is 0.456 e. The molecule has 30 heavy (non-hydrogen) atoms. The third-order valence-electron chi connectivity index (χ3n) is 4.15. The highest BCUT2D eigenvalue weighted by Crippen LogP contribution is 2.36. The summed E-state index contributed by atoms with van der Waals surface area (Å²) < 4.78 is 70.4. The molecule has 0 fully saturated rings. The summed E-state index contributed by atoms with van der Waals surface area (Å²) in [4.78, 5) is 17.3. The third kappa shape index (κ3) is 4.13. The minimum Gasteiger partial charge on any atom is -0.472 e. The largest absolute Gasteiger partial charge is 0.472 e. The Morgan fingerprint density at radius 2 is 1.87 bits per heavy atom. The van der Waals surface area contributed by atoms with Crippen LogP contribution in [0.3, 0.4) is 0 Å². The molecule has 0 aromatic carbocycles.